The fraction of sp³-hybridized carbons (Fsp3) is 0.400. The molecule has 3 amide bonds. The van der Waals surface area contributed by atoms with E-state index in [0.717, 1.165) is 11.8 Å². The number of thioether (sulfide) groups is 1. The second-order valence-corrected chi connectivity index (χ2v) is 4.80. The average molecular weight is 270 g/mol. The van der Waals surface area contributed by atoms with Crippen molar-refractivity contribution < 1.29 is 9.59 Å². The Bertz CT molecular complexity index is 512. The summed E-state index contributed by atoms with van der Waals surface area (Å²) in [4.78, 5) is 39.7. The van der Waals surface area contributed by atoms with Crippen LogP contribution in [0.5, 0.6) is 0 Å². The lowest BCUT2D eigenvalue weighted by Crippen LogP contribution is -2.36. The summed E-state index contributed by atoms with van der Waals surface area (Å²) in [6, 6.07) is 0.510. The van der Waals surface area contributed by atoms with Gasteiger partial charge in [-0.3, -0.25) is 14.9 Å². The Morgan fingerprint density at radius 2 is 2.22 bits per heavy atom. The van der Waals surface area contributed by atoms with Crippen LogP contribution in [-0.2, 0) is 4.79 Å². The van der Waals surface area contributed by atoms with E-state index in [9.17, 15) is 14.4 Å². The van der Waals surface area contributed by atoms with Crippen molar-refractivity contribution in [3.05, 3.63) is 22.1 Å². The molecule has 18 heavy (non-hydrogen) atoms. The van der Waals surface area contributed by atoms with Crippen molar-refractivity contribution in [2.24, 2.45) is 5.73 Å². The molecule has 1 heterocycles. The summed E-state index contributed by atoms with van der Waals surface area (Å²) in [5.74, 6) is -0.468. The summed E-state index contributed by atoms with van der Waals surface area (Å²) < 4.78 is 0. The first-order valence-electron chi connectivity index (χ1n) is 5.22. The third kappa shape index (κ3) is 4.58. The Hall–Kier alpha value is -1.83. The normalized spacial score (nSPS) is 10.4. The van der Waals surface area contributed by atoms with E-state index < -0.39 is 11.9 Å². The number of nitrogens with one attached hydrogen (secondary N) is 2. The van der Waals surface area contributed by atoms with Gasteiger partial charge < -0.3 is 10.7 Å². The maximum atomic E-state index is 11.4. The smallest absolute Gasteiger partial charge is 0.318 e. The highest BCUT2D eigenvalue weighted by Gasteiger charge is 2.09. The van der Waals surface area contributed by atoms with Gasteiger partial charge in [-0.15, -0.1) is 0 Å². The van der Waals surface area contributed by atoms with Crippen molar-refractivity contribution in [1.82, 2.24) is 15.3 Å². The summed E-state index contributed by atoms with van der Waals surface area (Å²) >= 11 is 1.03. The number of amides is 3. The van der Waals surface area contributed by atoms with Crippen LogP contribution in [0.3, 0.4) is 0 Å². The number of hydrogen-bond donors (Lipinski definition) is 3. The molecule has 0 fully saturated rings. The van der Waals surface area contributed by atoms with Gasteiger partial charge in [-0.1, -0.05) is 25.6 Å². The van der Waals surface area contributed by atoms with Crippen LogP contribution < -0.4 is 16.6 Å². The van der Waals surface area contributed by atoms with Crippen LogP contribution in [0.1, 0.15) is 25.5 Å². The largest absolute Gasteiger partial charge is 0.351 e. The van der Waals surface area contributed by atoms with Crippen molar-refractivity contribution in [1.29, 1.82) is 0 Å². The zero-order chi connectivity index (χ0) is 13.7. The molecule has 8 heteroatoms. The van der Waals surface area contributed by atoms with E-state index in [1.165, 1.54) is 6.07 Å². The quantitative estimate of drug-likeness (QED) is 0.533. The number of carbonyl (C=O) groups is 2. The maximum Gasteiger partial charge on any atom is 0.318 e. The van der Waals surface area contributed by atoms with Gasteiger partial charge in [0.15, 0.2) is 5.16 Å². The molecule has 4 N–H and O–H groups in total. The highest BCUT2D eigenvalue weighted by atomic mass is 32.2. The number of urea groups is 1. The SMILES string of the molecule is CC(C)c1cc(=O)[nH]c(SCC(=O)NC(N)=O)n1. The van der Waals surface area contributed by atoms with E-state index in [-0.39, 0.29) is 17.2 Å². The maximum absolute atomic E-state index is 11.4. The first-order chi connectivity index (χ1) is 8.38. The number of nitrogens with zero attached hydrogens (tertiary/aromatic N) is 1. The molecule has 0 unspecified atom stereocenters. The molecular formula is C10H14N4O3S. The number of aromatic amines is 1. The van der Waals surface area contributed by atoms with Gasteiger partial charge in [0.2, 0.25) is 5.91 Å². The van der Waals surface area contributed by atoms with E-state index in [2.05, 4.69) is 9.97 Å². The van der Waals surface area contributed by atoms with Crippen molar-refractivity contribution >= 4 is 23.7 Å². The first-order valence-corrected chi connectivity index (χ1v) is 6.20. The molecule has 1 aromatic heterocycles. The highest BCUT2D eigenvalue weighted by Crippen LogP contribution is 2.14. The van der Waals surface area contributed by atoms with Gasteiger partial charge in [0.05, 0.1) is 11.4 Å². The van der Waals surface area contributed by atoms with Gasteiger partial charge in [-0.25, -0.2) is 9.78 Å². The van der Waals surface area contributed by atoms with Crippen LogP contribution in [-0.4, -0.2) is 27.7 Å². The highest BCUT2D eigenvalue weighted by molar-refractivity contribution is 7.99. The molecule has 1 rings (SSSR count). The molecule has 0 atom stereocenters. The minimum absolute atomic E-state index is 0.0482. The predicted molar refractivity (Wildman–Crippen MR) is 67.4 cm³/mol. The molecule has 7 nitrogen and oxygen atoms in total. The topological polar surface area (TPSA) is 118 Å². The number of carbonyl (C=O) groups excluding carboxylic acids is 2. The van der Waals surface area contributed by atoms with Crippen LogP contribution in [0, 0.1) is 0 Å². The van der Waals surface area contributed by atoms with E-state index >= 15 is 0 Å². The Balaban J connectivity index is 2.70. The zero-order valence-electron chi connectivity index (χ0n) is 10.0. The molecule has 0 spiro atoms. The van der Waals surface area contributed by atoms with Gasteiger partial charge in [-0.05, 0) is 5.92 Å². The second-order valence-electron chi connectivity index (χ2n) is 3.83. The van der Waals surface area contributed by atoms with Gasteiger partial charge in [0.1, 0.15) is 0 Å². The second kappa shape index (κ2) is 6.20. The molecule has 0 saturated carbocycles. The van der Waals surface area contributed by atoms with Crippen molar-refractivity contribution in [2.45, 2.75) is 24.9 Å². The lowest BCUT2D eigenvalue weighted by atomic mass is 10.1. The lowest BCUT2D eigenvalue weighted by molar-refractivity contribution is -0.117. The molecule has 0 aliphatic heterocycles. The average Bonchev–Trinajstić information content (AvgIpc) is 2.24. The minimum atomic E-state index is -0.905. The molecule has 0 aliphatic rings. The molecule has 0 aromatic carbocycles. The van der Waals surface area contributed by atoms with Crippen LogP contribution in [0.15, 0.2) is 16.0 Å². The Morgan fingerprint density at radius 3 is 2.78 bits per heavy atom. The summed E-state index contributed by atoms with van der Waals surface area (Å²) in [7, 11) is 0. The van der Waals surface area contributed by atoms with Crippen molar-refractivity contribution in [3.63, 3.8) is 0 Å². The summed E-state index contributed by atoms with van der Waals surface area (Å²) in [5, 5.41) is 2.26. The lowest BCUT2D eigenvalue weighted by Gasteiger charge is -2.06. The standard InChI is InChI=1S/C10H14N4O3S/c1-5(2)6-3-7(15)14-10(12-6)18-4-8(16)13-9(11)17/h3,5H,4H2,1-2H3,(H,12,14,15)(H3,11,13,16,17). The van der Waals surface area contributed by atoms with Crippen LogP contribution >= 0.6 is 11.8 Å². The zero-order valence-corrected chi connectivity index (χ0v) is 10.8. The Morgan fingerprint density at radius 1 is 1.56 bits per heavy atom. The summed E-state index contributed by atoms with van der Waals surface area (Å²) in [6.07, 6.45) is 0. The van der Waals surface area contributed by atoms with Crippen molar-refractivity contribution in [2.75, 3.05) is 5.75 Å². The van der Waals surface area contributed by atoms with Crippen LogP contribution in [0.4, 0.5) is 4.79 Å². The number of aromatic nitrogens is 2. The number of nitrogens with two attached hydrogens (primary N) is 1. The number of primary amides is 1. The number of hydrogen-bond acceptors (Lipinski definition) is 5. The van der Waals surface area contributed by atoms with Gasteiger partial charge >= 0.3 is 6.03 Å². The third-order valence-corrected chi connectivity index (χ3v) is 2.81. The Labute approximate surface area is 108 Å². The molecule has 0 aliphatic carbocycles. The third-order valence-electron chi connectivity index (χ3n) is 1.93. The summed E-state index contributed by atoms with van der Waals surface area (Å²) in [6.45, 7) is 3.83. The van der Waals surface area contributed by atoms with Crippen molar-refractivity contribution in [3.8, 4) is 0 Å². The molecule has 0 radical (unpaired) electrons. The van der Waals surface area contributed by atoms with Gasteiger partial charge in [-0.2, -0.15) is 0 Å². The fourth-order valence-corrected chi connectivity index (χ4v) is 1.81. The first kappa shape index (κ1) is 14.2. The minimum Gasteiger partial charge on any atom is -0.351 e. The fourth-order valence-electron chi connectivity index (χ4n) is 1.12. The van der Waals surface area contributed by atoms with Gasteiger partial charge in [0, 0.05) is 6.07 Å². The van der Waals surface area contributed by atoms with Crippen LogP contribution in [0.2, 0.25) is 0 Å². The summed E-state index contributed by atoms with van der Waals surface area (Å²) in [5.41, 5.74) is 5.17. The number of rotatable bonds is 4. The molecule has 0 saturated heterocycles. The number of imide groups is 1. The molecule has 1 aromatic rings. The molecular weight excluding hydrogens is 256 g/mol. The van der Waals surface area contributed by atoms with Gasteiger partial charge in [0.25, 0.3) is 5.56 Å². The Kier molecular flexibility index (Phi) is 4.90. The molecule has 0 bridgehead atoms. The van der Waals surface area contributed by atoms with E-state index in [1.54, 1.807) is 0 Å². The van der Waals surface area contributed by atoms with E-state index in [4.69, 9.17) is 5.73 Å². The van der Waals surface area contributed by atoms with E-state index in [1.807, 2.05) is 19.2 Å². The molecule has 98 valence electrons. The van der Waals surface area contributed by atoms with E-state index in [0.29, 0.717) is 10.9 Å². The number of H-pyrrole nitrogens is 1. The monoisotopic (exact) mass is 270 g/mol. The van der Waals surface area contributed by atoms with Crippen LogP contribution in [0.25, 0.3) is 0 Å². The predicted octanol–water partition coefficient (Wildman–Crippen LogP) is 0.180.